The molecule has 0 saturated heterocycles. The van der Waals surface area contributed by atoms with Crippen molar-refractivity contribution in [1.29, 1.82) is 0 Å². The highest BCUT2D eigenvalue weighted by Gasteiger charge is 2.16. The van der Waals surface area contributed by atoms with Crippen LogP contribution >= 0.6 is 15.9 Å². The van der Waals surface area contributed by atoms with Crippen molar-refractivity contribution in [3.05, 3.63) is 40.4 Å². The third kappa shape index (κ3) is 3.34. The van der Waals surface area contributed by atoms with Crippen molar-refractivity contribution in [2.45, 2.75) is 6.92 Å². The van der Waals surface area contributed by atoms with E-state index in [2.05, 4.69) is 22.5 Å². The standard InChI is InChI=1S/C13H16BrNO3/c1-5-6-18-12-7-9(2)10(8-11(12)14)13(16)15(3)17-4/h5,7-8H,1,6H2,2-4H3. The van der Waals surface area contributed by atoms with E-state index in [9.17, 15) is 4.79 Å². The molecule has 0 atom stereocenters. The molecule has 0 aromatic heterocycles. The van der Waals surface area contributed by atoms with Crippen LogP contribution in [0.3, 0.4) is 0 Å². The zero-order chi connectivity index (χ0) is 13.7. The van der Waals surface area contributed by atoms with E-state index in [4.69, 9.17) is 9.57 Å². The van der Waals surface area contributed by atoms with Crippen molar-refractivity contribution in [2.75, 3.05) is 20.8 Å². The molecule has 0 bridgehead atoms. The molecule has 4 nitrogen and oxygen atoms in total. The first-order chi connectivity index (χ1) is 8.51. The fourth-order valence-electron chi connectivity index (χ4n) is 1.40. The molecule has 0 spiro atoms. The monoisotopic (exact) mass is 313 g/mol. The quantitative estimate of drug-likeness (QED) is 0.619. The van der Waals surface area contributed by atoms with E-state index < -0.39 is 0 Å². The fraction of sp³-hybridized carbons (Fsp3) is 0.308. The first kappa shape index (κ1) is 14.7. The van der Waals surface area contributed by atoms with Crippen molar-refractivity contribution in [3.63, 3.8) is 0 Å². The highest BCUT2D eigenvalue weighted by atomic mass is 79.9. The lowest BCUT2D eigenvalue weighted by Gasteiger charge is -2.16. The lowest BCUT2D eigenvalue weighted by molar-refractivity contribution is -0.0757. The lowest BCUT2D eigenvalue weighted by Crippen LogP contribution is -2.26. The summed E-state index contributed by atoms with van der Waals surface area (Å²) in [5.41, 5.74) is 1.39. The Balaban J connectivity index is 3.06. The van der Waals surface area contributed by atoms with Gasteiger partial charge < -0.3 is 4.74 Å². The average molecular weight is 314 g/mol. The summed E-state index contributed by atoms with van der Waals surface area (Å²) < 4.78 is 6.19. The third-order valence-electron chi connectivity index (χ3n) is 2.43. The number of nitrogens with zero attached hydrogens (tertiary/aromatic N) is 1. The van der Waals surface area contributed by atoms with Gasteiger partial charge in [0, 0.05) is 12.6 Å². The highest BCUT2D eigenvalue weighted by molar-refractivity contribution is 9.10. The van der Waals surface area contributed by atoms with Gasteiger partial charge in [0.15, 0.2) is 0 Å². The van der Waals surface area contributed by atoms with E-state index in [-0.39, 0.29) is 5.91 Å². The molecule has 0 heterocycles. The number of carbonyl (C=O) groups is 1. The Bertz CT molecular complexity index is 460. The molecule has 0 aliphatic rings. The number of ether oxygens (including phenoxy) is 1. The molecule has 0 aliphatic heterocycles. The van der Waals surface area contributed by atoms with Crippen molar-refractivity contribution in [1.82, 2.24) is 5.06 Å². The SMILES string of the molecule is C=CCOc1cc(C)c(C(=O)N(C)OC)cc1Br. The van der Waals surface area contributed by atoms with Crippen LogP contribution in [0.25, 0.3) is 0 Å². The van der Waals surface area contributed by atoms with Crippen LogP contribution in [-0.4, -0.2) is 31.7 Å². The molecule has 0 fully saturated rings. The smallest absolute Gasteiger partial charge is 0.277 e. The molecule has 1 aromatic rings. The van der Waals surface area contributed by atoms with Crippen LogP contribution in [0.5, 0.6) is 5.75 Å². The molecule has 0 aliphatic carbocycles. The van der Waals surface area contributed by atoms with Gasteiger partial charge in [-0.05, 0) is 40.5 Å². The summed E-state index contributed by atoms with van der Waals surface area (Å²) in [6.45, 7) is 5.86. The molecule has 0 saturated carbocycles. The Morgan fingerprint density at radius 2 is 2.22 bits per heavy atom. The number of halogens is 1. The molecule has 18 heavy (non-hydrogen) atoms. The Morgan fingerprint density at radius 3 is 2.78 bits per heavy atom. The lowest BCUT2D eigenvalue weighted by atomic mass is 10.1. The van der Waals surface area contributed by atoms with Gasteiger partial charge in [0.05, 0.1) is 11.6 Å². The number of rotatable bonds is 5. The molecular weight excluding hydrogens is 298 g/mol. The fourth-order valence-corrected chi connectivity index (χ4v) is 1.86. The average Bonchev–Trinajstić information content (AvgIpc) is 2.37. The van der Waals surface area contributed by atoms with E-state index in [1.54, 1.807) is 19.2 Å². The van der Waals surface area contributed by atoms with Crippen molar-refractivity contribution < 1.29 is 14.4 Å². The Kier molecular flexibility index (Phi) is 5.37. The van der Waals surface area contributed by atoms with Gasteiger partial charge in [0.1, 0.15) is 12.4 Å². The van der Waals surface area contributed by atoms with Crippen molar-refractivity contribution >= 4 is 21.8 Å². The first-order valence-corrected chi connectivity index (χ1v) is 6.16. The van der Waals surface area contributed by atoms with Crippen molar-refractivity contribution in [2.24, 2.45) is 0 Å². The number of benzene rings is 1. The largest absolute Gasteiger partial charge is 0.488 e. The van der Waals surface area contributed by atoms with E-state index >= 15 is 0 Å². The maximum Gasteiger partial charge on any atom is 0.277 e. The minimum atomic E-state index is -0.203. The predicted octanol–water partition coefficient (Wildman–Crippen LogP) is 2.96. The Morgan fingerprint density at radius 1 is 1.56 bits per heavy atom. The second kappa shape index (κ2) is 6.56. The minimum absolute atomic E-state index is 0.203. The van der Waals surface area contributed by atoms with Crippen LogP contribution in [0, 0.1) is 6.92 Å². The van der Waals surface area contributed by atoms with Gasteiger partial charge >= 0.3 is 0 Å². The van der Waals surface area contributed by atoms with Gasteiger partial charge in [-0.3, -0.25) is 9.63 Å². The number of hydrogen-bond acceptors (Lipinski definition) is 3. The summed E-state index contributed by atoms with van der Waals surface area (Å²) in [5.74, 6) is 0.481. The number of hydrogen-bond donors (Lipinski definition) is 0. The predicted molar refractivity (Wildman–Crippen MR) is 73.7 cm³/mol. The van der Waals surface area contributed by atoms with Crippen LogP contribution in [0.4, 0.5) is 0 Å². The maximum absolute atomic E-state index is 12.0. The molecule has 1 rings (SSSR count). The number of amides is 1. The number of aryl methyl sites for hydroxylation is 1. The summed E-state index contributed by atoms with van der Waals surface area (Å²) in [6, 6.07) is 3.54. The molecule has 0 N–H and O–H groups in total. The maximum atomic E-state index is 12.0. The second-order valence-corrected chi connectivity index (χ2v) is 4.54. The zero-order valence-corrected chi connectivity index (χ0v) is 12.3. The van der Waals surface area contributed by atoms with E-state index in [0.717, 1.165) is 10.0 Å². The molecule has 0 unspecified atom stereocenters. The van der Waals surface area contributed by atoms with Crippen LogP contribution in [0.1, 0.15) is 15.9 Å². The van der Waals surface area contributed by atoms with Crippen LogP contribution in [0.15, 0.2) is 29.3 Å². The van der Waals surface area contributed by atoms with Gasteiger partial charge in [-0.1, -0.05) is 12.7 Å². The molecule has 98 valence electrons. The van der Waals surface area contributed by atoms with Crippen LogP contribution in [-0.2, 0) is 4.84 Å². The van der Waals surface area contributed by atoms with Crippen molar-refractivity contribution in [3.8, 4) is 5.75 Å². The molecule has 5 heteroatoms. The Labute approximate surface area is 115 Å². The number of hydroxylamine groups is 2. The second-order valence-electron chi connectivity index (χ2n) is 3.68. The summed E-state index contributed by atoms with van der Waals surface area (Å²) >= 11 is 3.38. The number of carbonyl (C=O) groups excluding carboxylic acids is 1. The van der Waals surface area contributed by atoms with Gasteiger partial charge in [0.2, 0.25) is 0 Å². The summed E-state index contributed by atoms with van der Waals surface area (Å²) in [6.07, 6.45) is 1.67. The third-order valence-corrected chi connectivity index (χ3v) is 3.05. The van der Waals surface area contributed by atoms with Gasteiger partial charge in [0.25, 0.3) is 5.91 Å². The molecule has 1 aromatic carbocycles. The van der Waals surface area contributed by atoms with Gasteiger partial charge in [-0.15, -0.1) is 0 Å². The first-order valence-electron chi connectivity index (χ1n) is 5.37. The topological polar surface area (TPSA) is 38.8 Å². The van der Waals surface area contributed by atoms with Crippen LogP contribution < -0.4 is 4.74 Å². The minimum Gasteiger partial charge on any atom is -0.488 e. The van der Waals surface area contributed by atoms with Crippen LogP contribution in [0.2, 0.25) is 0 Å². The van der Waals surface area contributed by atoms with Gasteiger partial charge in [-0.2, -0.15) is 0 Å². The normalized spacial score (nSPS) is 10.0. The summed E-state index contributed by atoms with van der Waals surface area (Å²) in [4.78, 5) is 16.9. The summed E-state index contributed by atoms with van der Waals surface area (Å²) in [5, 5.41) is 1.18. The van der Waals surface area contributed by atoms with Gasteiger partial charge in [-0.25, -0.2) is 5.06 Å². The highest BCUT2D eigenvalue weighted by Crippen LogP contribution is 2.29. The van der Waals surface area contributed by atoms with E-state index in [1.807, 2.05) is 13.0 Å². The Hall–Kier alpha value is -1.33. The molecular formula is C13H16BrNO3. The zero-order valence-electron chi connectivity index (χ0n) is 10.7. The van der Waals surface area contributed by atoms with E-state index in [1.165, 1.54) is 12.2 Å². The molecule has 1 amide bonds. The van der Waals surface area contributed by atoms with E-state index in [0.29, 0.717) is 17.9 Å². The molecule has 0 radical (unpaired) electrons. The summed E-state index contributed by atoms with van der Waals surface area (Å²) in [7, 11) is 3.02.